The highest BCUT2D eigenvalue weighted by Crippen LogP contribution is 2.38. The summed E-state index contributed by atoms with van der Waals surface area (Å²) in [6.45, 7) is 5.79. The molecule has 2 aromatic carbocycles. The Morgan fingerprint density at radius 3 is 2.24 bits per heavy atom. The molecule has 0 aliphatic heterocycles. The zero-order valence-corrected chi connectivity index (χ0v) is 20.4. The number of benzene rings is 2. The molecule has 1 N–H and O–H groups in total. The van der Waals surface area contributed by atoms with Crippen LogP contribution in [-0.4, -0.2) is 67.2 Å². The van der Waals surface area contributed by atoms with E-state index in [4.69, 9.17) is 19.2 Å². The molecule has 1 heterocycles. The van der Waals surface area contributed by atoms with Gasteiger partial charge in [0.15, 0.2) is 11.5 Å². The van der Waals surface area contributed by atoms with Crippen LogP contribution in [0.2, 0.25) is 0 Å². The summed E-state index contributed by atoms with van der Waals surface area (Å²) in [5.74, 6) is 1.74. The van der Waals surface area contributed by atoms with Gasteiger partial charge < -0.3 is 29.0 Å². The van der Waals surface area contributed by atoms with Crippen molar-refractivity contribution in [1.29, 1.82) is 0 Å². The van der Waals surface area contributed by atoms with Crippen LogP contribution >= 0.6 is 0 Å². The third-order valence-corrected chi connectivity index (χ3v) is 5.70. The molecule has 0 aliphatic rings. The summed E-state index contributed by atoms with van der Waals surface area (Å²) >= 11 is 0. The van der Waals surface area contributed by atoms with Crippen LogP contribution < -0.4 is 19.5 Å². The molecule has 0 aliphatic carbocycles. The minimum absolute atomic E-state index is 0.0378. The van der Waals surface area contributed by atoms with Crippen molar-refractivity contribution in [2.24, 2.45) is 0 Å². The van der Waals surface area contributed by atoms with E-state index >= 15 is 0 Å². The number of carbonyl (C=O) groups is 2. The lowest BCUT2D eigenvalue weighted by Crippen LogP contribution is -2.34. The van der Waals surface area contributed by atoms with Crippen molar-refractivity contribution < 1.29 is 23.8 Å². The Labute approximate surface area is 199 Å². The number of ether oxygens (including phenoxy) is 3. The van der Waals surface area contributed by atoms with Gasteiger partial charge in [0, 0.05) is 31.6 Å². The number of carbonyl (C=O) groups excluding carboxylic acids is 2. The summed E-state index contributed by atoms with van der Waals surface area (Å²) in [4.78, 5) is 32.1. The molecule has 34 heavy (non-hydrogen) atoms. The standard InChI is InChI=1S/C25H32N4O5/c1-6-28(7-2)23(30)16-29-19-11-9-8-10-18(19)27-22(29)12-13-26-25(31)17-14-20(32-3)24(34-5)21(15-17)33-4/h8-11,14-15H,6-7,12-13,16H2,1-5H3,(H,26,31). The van der Waals surface area contributed by atoms with E-state index in [9.17, 15) is 9.59 Å². The number of nitrogens with one attached hydrogen (secondary N) is 1. The van der Waals surface area contributed by atoms with Crippen LogP contribution in [0.15, 0.2) is 36.4 Å². The Balaban J connectivity index is 1.77. The summed E-state index contributed by atoms with van der Waals surface area (Å²) in [7, 11) is 4.52. The Bertz CT molecular complexity index is 1130. The third kappa shape index (κ3) is 5.24. The molecule has 0 spiro atoms. The number of likely N-dealkylation sites (N-methyl/N-ethyl adjacent to an activating group) is 1. The minimum Gasteiger partial charge on any atom is -0.493 e. The lowest BCUT2D eigenvalue weighted by atomic mass is 10.1. The van der Waals surface area contributed by atoms with Crippen LogP contribution in [0.4, 0.5) is 0 Å². The van der Waals surface area contributed by atoms with Crippen molar-refractivity contribution in [3.63, 3.8) is 0 Å². The molecule has 9 heteroatoms. The average molecular weight is 469 g/mol. The summed E-state index contributed by atoms with van der Waals surface area (Å²) in [6.07, 6.45) is 0.469. The van der Waals surface area contributed by atoms with Gasteiger partial charge in [-0.05, 0) is 38.1 Å². The van der Waals surface area contributed by atoms with E-state index in [1.54, 1.807) is 17.0 Å². The molecule has 182 valence electrons. The van der Waals surface area contributed by atoms with Gasteiger partial charge in [-0.15, -0.1) is 0 Å². The van der Waals surface area contributed by atoms with E-state index in [-0.39, 0.29) is 18.4 Å². The second-order valence-corrected chi connectivity index (χ2v) is 7.59. The monoisotopic (exact) mass is 468 g/mol. The highest BCUT2D eigenvalue weighted by molar-refractivity contribution is 5.95. The van der Waals surface area contributed by atoms with Crippen molar-refractivity contribution >= 4 is 22.8 Å². The number of amides is 2. The van der Waals surface area contributed by atoms with Crippen molar-refractivity contribution in [3.05, 3.63) is 47.8 Å². The van der Waals surface area contributed by atoms with Gasteiger partial charge in [0.2, 0.25) is 11.7 Å². The van der Waals surface area contributed by atoms with Crippen LogP contribution in [0.5, 0.6) is 17.2 Å². The van der Waals surface area contributed by atoms with E-state index in [0.717, 1.165) is 16.9 Å². The molecule has 1 aromatic heterocycles. The Hall–Kier alpha value is -3.75. The summed E-state index contributed by atoms with van der Waals surface area (Å²) in [5, 5.41) is 2.92. The largest absolute Gasteiger partial charge is 0.493 e. The maximum absolute atomic E-state index is 12.8. The zero-order valence-electron chi connectivity index (χ0n) is 20.4. The minimum atomic E-state index is -0.277. The van der Waals surface area contributed by atoms with E-state index in [1.807, 2.05) is 42.7 Å². The van der Waals surface area contributed by atoms with Crippen LogP contribution in [0.25, 0.3) is 11.0 Å². The topological polar surface area (TPSA) is 94.9 Å². The van der Waals surface area contributed by atoms with Crippen LogP contribution in [0.1, 0.15) is 30.0 Å². The van der Waals surface area contributed by atoms with E-state index in [0.29, 0.717) is 48.9 Å². The fourth-order valence-electron chi connectivity index (χ4n) is 3.91. The van der Waals surface area contributed by atoms with Gasteiger partial charge in [0.1, 0.15) is 12.4 Å². The first-order valence-electron chi connectivity index (χ1n) is 11.3. The highest BCUT2D eigenvalue weighted by atomic mass is 16.5. The van der Waals surface area contributed by atoms with E-state index < -0.39 is 0 Å². The fourth-order valence-corrected chi connectivity index (χ4v) is 3.91. The van der Waals surface area contributed by atoms with Crippen LogP contribution in [-0.2, 0) is 17.8 Å². The second-order valence-electron chi connectivity index (χ2n) is 7.59. The first-order chi connectivity index (χ1) is 16.5. The first-order valence-corrected chi connectivity index (χ1v) is 11.3. The lowest BCUT2D eigenvalue weighted by molar-refractivity contribution is -0.131. The van der Waals surface area contributed by atoms with Gasteiger partial charge in [0.05, 0.1) is 32.4 Å². The SMILES string of the molecule is CCN(CC)C(=O)Cn1c(CCNC(=O)c2cc(OC)c(OC)c(OC)c2)nc2ccccc21. The van der Waals surface area contributed by atoms with Gasteiger partial charge in [-0.3, -0.25) is 9.59 Å². The molecule has 3 rings (SSSR count). The summed E-state index contributed by atoms with van der Waals surface area (Å²) in [5.41, 5.74) is 2.11. The maximum Gasteiger partial charge on any atom is 0.251 e. The third-order valence-electron chi connectivity index (χ3n) is 5.70. The number of methoxy groups -OCH3 is 3. The van der Waals surface area contributed by atoms with Crippen molar-refractivity contribution in [2.45, 2.75) is 26.8 Å². The quantitative estimate of drug-likeness (QED) is 0.465. The molecule has 3 aromatic rings. The van der Waals surface area contributed by atoms with Gasteiger partial charge in [-0.25, -0.2) is 4.98 Å². The van der Waals surface area contributed by atoms with Crippen molar-refractivity contribution in [3.8, 4) is 17.2 Å². The number of fused-ring (bicyclic) bond motifs is 1. The molecule has 0 bridgehead atoms. The molecule has 0 unspecified atom stereocenters. The van der Waals surface area contributed by atoms with Gasteiger partial charge >= 0.3 is 0 Å². The number of rotatable bonds is 11. The van der Waals surface area contributed by atoms with Crippen molar-refractivity contribution in [2.75, 3.05) is 41.0 Å². The summed E-state index contributed by atoms with van der Waals surface area (Å²) in [6, 6.07) is 10.9. The molecule has 0 fully saturated rings. The lowest BCUT2D eigenvalue weighted by Gasteiger charge is -2.20. The van der Waals surface area contributed by atoms with E-state index in [1.165, 1.54) is 21.3 Å². The number of para-hydroxylation sites is 2. The first kappa shape index (κ1) is 24.9. The summed E-state index contributed by atoms with van der Waals surface area (Å²) < 4.78 is 17.9. The molecule has 0 saturated carbocycles. The van der Waals surface area contributed by atoms with Crippen LogP contribution in [0, 0.1) is 0 Å². The Morgan fingerprint density at radius 2 is 1.65 bits per heavy atom. The highest BCUT2D eigenvalue weighted by Gasteiger charge is 2.19. The number of nitrogens with zero attached hydrogens (tertiary/aromatic N) is 3. The molecule has 0 atom stereocenters. The molecular formula is C25H32N4O5. The molecule has 0 saturated heterocycles. The second kappa shape index (κ2) is 11.4. The number of imidazole rings is 1. The molecule has 9 nitrogen and oxygen atoms in total. The molecular weight excluding hydrogens is 436 g/mol. The van der Waals surface area contributed by atoms with Gasteiger partial charge in [-0.1, -0.05) is 12.1 Å². The normalized spacial score (nSPS) is 10.7. The molecule has 2 amide bonds. The van der Waals surface area contributed by atoms with E-state index in [2.05, 4.69) is 5.32 Å². The zero-order chi connectivity index (χ0) is 24.7. The van der Waals surface area contributed by atoms with Crippen molar-refractivity contribution in [1.82, 2.24) is 19.8 Å². The number of aromatic nitrogens is 2. The number of hydrogen-bond acceptors (Lipinski definition) is 6. The smallest absolute Gasteiger partial charge is 0.251 e. The average Bonchev–Trinajstić information content (AvgIpc) is 3.20. The van der Waals surface area contributed by atoms with Gasteiger partial charge in [0.25, 0.3) is 5.91 Å². The van der Waals surface area contributed by atoms with Gasteiger partial charge in [-0.2, -0.15) is 0 Å². The fraction of sp³-hybridized carbons (Fsp3) is 0.400. The maximum atomic E-state index is 12.8. The Morgan fingerprint density at radius 1 is 1.00 bits per heavy atom. The predicted octanol–water partition coefficient (Wildman–Crippen LogP) is 2.90. The number of hydrogen-bond donors (Lipinski definition) is 1. The molecule has 0 radical (unpaired) electrons. The predicted molar refractivity (Wildman–Crippen MR) is 130 cm³/mol. The Kier molecular flexibility index (Phi) is 8.34. The van der Waals surface area contributed by atoms with Crippen LogP contribution in [0.3, 0.4) is 0 Å².